The number of nitrogens with two attached hydrogens (primary N) is 1. The predicted octanol–water partition coefficient (Wildman–Crippen LogP) is 3.03. The van der Waals surface area contributed by atoms with Crippen molar-refractivity contribution >= 4 is 17.4 Å². The molecule has 0 amide bonds. The molecule has 0 unspecified atom stereocenters. The lowest BCUT2D eigenvalue weighted by Crippen LogP contribution is -1.99. The molecular formula is C13H13ClN2O. The zero-order chi connectivity index (χ0) is 12.1. The smallest absolute Gasteiger partial charge is 0.123 e. The molecule has 3 nitrogen and oxygen atoms in total. The molecule has 1 heterocycles. The molecular weight excluding hydrogens is 236 g/mol. The van der Waals surface area contributed by atoms with Gasteiger partial charge in [-0.3, -0.25) is 0 Å². The molecule has 17 heavy (non-hydrogen) atoms. The molecule has 0 bridgehead atoms. The topological polar surface area (TPSA) is 48.1 Å². The van der Waals surface area contributed by atoms with E-state index in [1.54, 1.807) is 6.07 Å². The van der Waals surface area contributed by atoms with Crippen LogP contribution >= 0.6 is 11.6 Å². The Morgan fingerprint density at radius 1 is 1.06 bits per heavy atom. The number of nitrogen functional groups attached to an aromatic ring is 1. The van der Waals surface area contributed by atoms with E-state index in [1.807, 2.05) is 36.4 Å². The van der Waals surface area contributed by atoms with Crippen molar-refractivity contribution in [3.8, 4) is 0 Å². The first-order chi connectivity index (χ1) is 8.25. The maximum Gasteiger partial charge on any atom is 0.123 e. The van der Waals surface area contributed by atoms with E-state index < -0.39 is 0 Å². The second-order valence-electron chi connectivity index (χ2n) is 3.64. The Morgan fingerprint density at radius 2 is 1.88 bits per heavy atom. The van der Waals surface area contributed by atoms with Crippen LogP contribution in [0.15, 0.2) is 42.5 Å². The zero-order valence-corrected chi connectivity index (χ0v) is 10.0. The first-order valence-corrected chi connectivity index (χ1v) is 5.66. The summed E-state index contributed by atoms with van der Waals surface area (Å²) in [6.45, 7) is 0.895. The lowest BCUT2D eigenvalue weighted by Gasteiger charge is -2.06. The molecule has 0 radical (unpaired) electrons. The summed E-state index contributed by atoms with van der Waals surface area (Å²) in [4.78, 5) is 4.15. The minimum absolute atomic E-state index is 0.427. The molecule has 2 aromatic rings. The van der Waals surface area contributed by atoms with Gasteiger partial charge in [0.15, 0.2) is 0 Å². The number of anilines is 1. The zero-order valence-electron chi connectivity index (χ0n) is 9.27. The van der Waals surface area contributed by atoms with Gasteiger partial charge in [0.25, 0.3) is 0 Å². The number of halogens is 1. The van der Waals surface area contributed by atoms with Gasteiger partial charge >= 0.3 is 0 Å². The summed E-state index contributed by atoms with van der Waals surface area (Å²) in [6.07, 6.45) is 0. The molecule has 1 aromatic carbocycles. The van der Waals surface area contributed by atoms with Crippen LogP contribution in [-0.4, -0.2) is 4.98 Å². The van der Waals surface area contributed by atoms with E-state index in [4.69, 9.17) is 22.1 Å². The lowest BCUT2D eigenvalue weighted by molar-refractivity contribution is 0.105. The Balaban J connectivity index is 1.90. The van der Waals surface area contributed by atoms with Crippen LogP contribution in [0.2, 0.25) is 5.02 Å². The number of benzene rings is 1. The van der Waals surface area contributed by atoms with Crippen molar-refractivity contribution in [1.82, 2.24) is 4.98 Å². The van der Waals surface area contributed by atoms with Crippen LogP contribution in [0.3, 0.4) is 0 Å². The Morgan fingerprint density at radius 3 is 2.65 bits per heavy atom. The van der Waals surface area contributed by atoms with Crippen LogP contribution in [-0.2, 0) is 18.0 Å². The highest BCUT2D eigenvalue weighted by Gasteiger charge is 2.00. The molecule has 0 aliphatic rings. The van der Waals surface area contributed by atoms with Crippen molar-refractivity contribution in [2.24, 2.45) is 0 Å². The van der Waals surface area contributed by atoms with Crippen molar-refractivity contribution in [2.45, 2.75) is 13.2 Å². The fourth-order valence-corrected chi connectivity index (χ4v) is 1.65. The predicted molar refractivity (Wildman–Crippen MR) is 68.6 cm³/mol. The van der Waals surface area contributed by atoms with Crippen molar-refractivity contribution in [3.05, 3.63) is 58.7 Å². The molecule has 0 saturated carbocycles. The van der Waals surface area contributed by atoms with E-state index in [0.717, 1.165) is 11.3 Å². The van der Waals surface area contributed by atoms with Gasteiger partial charge in [-0.05, 0) is 23.8 Å². The van der Waals surface area contributed by atoms with Crippen molar-refractivity contribution in [1.29, 1.82) is 0 Å². The normalized spacial score (nSPS) is 10.4. The van der Waals surface area contributed by atoms with Crippen LogP contribution in [0.1, 0.15) is 11.3 Å². The molecule has 0 aliphatic heterocycles. The first kappa shape index (κ1) is 11.9. The maximum absolute atomic E-state index is 6.02. The number of aromatic nitrogens is 1. The average Bonchev–Trinajstić information content (AvgIpc) is 2.32. The third-order valence-corrected chi connectivity index (χ3v) is 2.66. The number of hydrogen-bond donors (Lipinski definition) is 1. The highest BCUT2D eigenvalue weighted by Crippen LogP contribution is 2.16. The second-order valence-corrected chi connectivity index (χ2v) is 4.05. The lowest BCUT2D eigenvalue weighted by atomic mass is 10.2. The molecule has 0 saturated heterocycles. The van der Waals surface area contributed by atoms with Gasteiger partial charge in [0.05, 0.1) is 18.9 Å². The fourth-order valence-electron chi connectivity index (χ4n) is 1.46. The summed E-state index contributed by atoms with van der Waals surface area (Å²) in [5, 5.41) is 0.716. The summed E-state index contributed by atoms with van der Waals surface area (Å²) < 4.78 is 5.54. The highest BCUT2D eigenvalue weighted by atomic mass is 35.5. The van der Waals surface area contributed by atoms with Gasteiger partial charge in [0.2, 0.25) is 0 Å². The van der Waals surface area contributed by atoms with Gasteiger partial charge in [0, 0.05) is 5.02 Å². The maximum atomic E-state index is 6.02. The molecule has 2 N–H and O–H groups in total. The number of pyridine rings is 1. The Labute approximate surface area is 105 Å². The number of nitrogens with zero attached hydrogens (tertiary/aromatic N) is 1. The van der Waals surface area contributed by atoms with Gasteiger partial charge < -0.3 is 10.5 Å². The summed E-state index contributed by atoms with van der Waals surface area (Å²) >= 11 is 6.02. The molecule has 1 aromatic heterocycles. The van der Waals surface area contributed by atoms with Gasteiger partial charge in [-0.25, -0.2) is 4.98 Å². The number of rotatable bonds is 4. The van der Waals surface area contributed by atoms with Crippen LogP contribution in [0.25, 0.3) is 0 Å². The third-order valence-electron chi connectivity index (χ3n) is 2.29. The fraction of sp³-hybridized carbons (Fsp3) is 0.154. The van der Waals surface area contributed by atoms with Crippen molar-refractivity contribution in [3.63, 3.8) is 0 Å². The first-order valence-electron chi connectivity index (χ1n) is 5.28. The molecule has 2 rings (SSSR count). The summed E-state index contributed by atoms with van der Waals surface area (Å²) in [5.41, 5.74) is 7.36. The van der Waals surface area contributed by atoms with Gasteiger partial charge in [0.1, 0.15) is 5.82 Å². The van der Waals surface area contributed by atoms with Gasteiger partial charge in [-0.15, -0.1) is 0 Å². The van der Waals surface area contributed by atoms with Crippen LogP contribution in [0, 0.1) is 0 Å². The van der Waals surface area contributed by atoms with Crippen LogP contribution in [0.4, 0.5) is 5.82 Å². The molecule has 0 fully saturated rings. The SMILES string of the molecule is Nc1cccc(COCc2ccccc2Cl)n1. The highest BCUT2D eigenvalue weighted by molar-refractivity contribution is 6.31. The van der Waals surface area contributed by atoms with E-state index in [0.29, 0.717) is 24.1 Å². The van der Waals surface area contributed by atoms with Crippen molar-refractivity contribution < 1.29 is 4.74 Å². The van der Waals surface area contributed by atoms with E-state index in [-0.39, 0.29) is 0 Å². The molecule has 0 atom stereocenters. The van der Waals surface area contributed by atoms with E-state index in [1.165, 1.54) is 0 Å². The molecule has 4 heteroatoms. The quantitative estimate of drug-likeness (QED) is 0.905. The number of ether oxygens (including phenoxy) is 1. The third kappa shape index (κ3) is 3.44. The Bertz CT molecular complexity index is 502. The van der Waals surface area contributed by atoms with Crippen LogP contribution < -0.4 is 5.73 Å². The van der Waals surface area contributed by atoms with Crippen LogP contribution in [0.5, 0.6) is 0 Å². The van der Waals surface area contributed by atoms with E-state index in [2.05, 4.69) is 4.98 Å². The molecule has 0 spiro atoms. The summed E-state index contributed by atoms with van der Waals surface area (Å²) in [7, 11) is 0. The van der Waals surface area contributed by atoms with Crippen molar-refractivity contribution in [2.75, 3.05) is 5.73 Å². The van der Waals surface area contributed by atoms with E-state index in [9.17, 15) is 0 Å². The minimum Gasteiger partial charge on any atom is -0.384 e. The van der Waals surface area contributed by atoms with Gasteiger partial charge in [-0.1, -0.05) is 35.9 Å². The monoisotopic (exact) mass is 248 g/mol. The summed E-state index contributed by atoms with van der Waals surface area (Å²) in [6, 6.07) is 13.1. The van der Waals surface area contributed by atoms with Gasteiger partial charge in [-0.2, -0.15) is 0 Å². The average molecular weight is 249 g/mol. The second kappa shape index (κ2) is 5.66. The Hall–Kier alpha value is -1.58. The molecule has 88 valence electrons. The largest absolute Gasteiger partial charge is 0.384 e. The number of hydrogen-bond acceptors (Lipinski definition) is 3. The summed E-state index contributed by atoms with van der Waals surface area (Å²) in [5.74, 6) is 0.504. The van der Waals surface area contributed by atoms with E-state index >= 15 is 0 Å². The minimum atomic E-state index is 0.427. The Kier molecular flexibility index (Phi) is 3.96. The molecule has 0 aliphatic carbocycles. The standard InChI is InChI=1S/C13H13ClN2O/c14-12-6-2-1-4-10(12)8-17-9-11-5-3-7-13(15)16-11/h1-7H,8-9H2,(H2,15,16).